The highest BCUT2D eigenvalue weighted by atomic mass is 16.5. The van der Waals surface area contributed by atoms with E-state index in [9.17, 15) is 10.2 Å². The summed E-state index contributed by atoms with van der Waals surface area (Å²) < 4.78 is 0. The second-order valence-electron chi connectivity index (χ2n) is 3.13. The van der Waals surface area contributed by atoms with Crippen molar-refractivity contribution in [1.82, 2.24) is 5.32 Å². The normalized spacial score (nSPS) is 11.6. The summed E-state index contributed by atoms with van der Waals surface area (Å²) in [5.41, 5.74) is 0.956. The molecule has 0 saturated heterocycles. The lowest BCUT2D eigenvalue weighted by Crippen LogP contribution is -2.45. The fourth-order valence-electron chi connectivity index (χ4n) is 1.08. The van der Waals surface area contributed by atoms with E-state index in [1.54, 1.807) is 0 Å². The summed E-state index contributed by atoms with van der Waals surface area (Å²) in [6.45, 7) is 0.0859. The first-order chi connectivity index (χ1) is 6.64. The summed E-state index contributed by atoms with van der Waals surface area (Å²) in [5.74, 6) is -2.00. The molecule has 1 rings (SSSR count). The first-order valence-corrected chi connectivity index (χ1v) is 4.48. The van der Waals surface area contributed by atoms with Crippen LogP contribution in [0.5, 0.6) is 0 Å². The fraction of sp³-hybridized carbons (Fsp3) is 0.400. The van der Waals surface area contributed by atoms with E-state index in [0.29, 0.717) is 6.54 Å². The van der Waals surface area contributed by atoms with Crippen LogP contribution in [0.2, 0.25) is 0 Å². The van der Waals surface area contributed by atoms with Gasteiger partial charge in [-0.1, -0.05) is 30.3 Å². The lowest BCUT2D eigenvalue weighted by atomic mass is 10.2. The van der Waals surface area contributed by atoms with Crippen molar-refractivity contribution in [1.29, 1.82) is 0 Å². The van der Waals surface area contributed by atoms with Gasteiger partial charge < -0.3 is 15.3 Å². The molecule has 1 aromatic rings. The van der Waals surface area contributed by atoms with Gasteiger partial charge in [0.1, 0.15) is 0 Å². The number of nitrogens with one attached hydrogen (secondary N) is 1. The van der Waals surface area contributed by atoms with E-state index in [2.05, 4.69) is 5.32 Å². The molecule has 4 N–H and O–H groups in total. The Morgan fingerprint density at radius 1 is 1.14 bits per heavy atom. The van der Waals surface area contributed by atoms with E-state index in [-0.39, 0.29) is 13.0 Å². The largest absolute Gasteiger partial charge is 0.396 e. The Labute approximate surface area is 82.8 Å². The molecule has 0 fully saturated rings. The molecule has 0 aliphatic carbocycles. The molecule has 0 heterocycles. The third-order valence-electron chi connectivity index (χ3n) is 1.88. The molecule has 14 heavy (non-hydrogen) atoms. The van der Waals surface area contributed by atoms with Gasteiger partial charge in [0.2, 0.25) is 5.91 Å². The van der Waals surface area contributed by atoms with Crippen LogP contribution in [0.3, 0.4) is 0 Å². The maximum absolute atomic E-state index is 9.26. The van der Waals surface area contributed by atoms with Crippen LogP contribution < -0.4 is 5.32 Å². The van der Waals surface area contributed by atoms with Crippen LogP contribution >= 0.6 is 0 Å². The van der Waals surface area contributed by atoms with E-state index < -0.39 is 5.91 Å². The monoisotopic (exact) mass is 197 g/mol. The van der Waals surface area contributed by atoms with Crippen LogP contribution in [0.15, 0.2) is 30.3 Å². The van der Waals surface area contributed by atoms with Crippen molar-refractivity contribution in [2.75, 3.05) is 6.61 Å². The summed E-state index contributed by atoms with van der Waals surface area (Å²) in [6, 6.07) is 9.39. The van der Waals surface area contributed by atoms with Crippen LogP contribution in [0, 0.1) is 0 Å². The van der Waals surface area contributed by atoms with Crippen LogP contribution in [-0.2, 0) is 6.54 Å². The summed E-state index contributed by atoms with van der Waals surface area (Å²) in [7, 11) is 0. The van der Waals surface area contributed by atoms with Crippen molar-refractivity contribution in [3.8, 4) is 0 Å². The number of aliphatic hydroxyl groups is 3. The van der Waals surface area contributed by atoms with Crippen molar-refractivity contribution in [3.63, 3.8) is 0 Å². The van der Waals surface area contributed by atoms with E-state index in [1.807, 2.05) is 30.3 Å². The van der Waals surface area contributed by atoms with Gasteiger partial charge >= 0.3 is 0 Å². The Hall–Kier alpha value is -0.940. The minimum absolute atomic E-state index is 0.111. The molecular weight excluding hydrogens is 182 g/mol. The highest BCUT2D eigenvalue weighted by Gasteiger charge is 2.20. The molecule has 0 aliphatic rings. The zero-order valence-electron chi connectivity index (χ0n) is 7.85. The average molecular weight is 197 g/mol. The van der Waals surface area contributed by atoms with Gasteiger partial charge in [0.05, 0.1) is 0 Å². The predicted molar refractivity (Wildman–Crippen MR) is 52.2 cm³/mol. The average Bonchev–Trinajstić information content (AvgIpc) is 2.17. The SMILES string of the molecule is OCCC(O)(O)NCc1ccccc1. The maximum atomic E-state index is 9.26. The summed E-state index contributed by atoms with van der Waals surface area (Å²) in [5, 5.41) is 29.6. The van der Waals surface area contributed by atoms with Crippen molar-refractivity contribution in [3.05, 3.63) is 35.9 Å². The van der Waals surface area contributed by atoms with Crippen molar-refractivity contribution in [2.24, 2.45) is 0 Å². The van der Waals surface area contributed by atoms with Gasteiger partial charge in [-0.2, -0.15) is 0 Å². The highest BCUT2D eigenvalue weighted by Crippen LogP contribution is 2.03. The third kappa shape index (κ3) is 3.85. The Kier molecular flexibility index (Phi) is 4.03. The van der Waals surface area contributed by atoms with Gasteiger partial charge in [0.25, 0.3) is 0 Å². The Morgan fingerprint density at radius 3 is 2.36 bits per heavy atom. The summed E-state index contributed by atoms with van der Waals surface area (Å²) in [4.78, 5) is 0. The van der Waals surface area contributed by atoms with E-state index in [1.165, 1.54) is 0 Å². The van der Waals surface area contributed by atoms with Gasteiger partial charge in [-0.05, 0) is 5.56 Å². The molecule has 1 aromatic carbocycles. The van der Waals surface area contributed by atoms with Gasteiger partial charge in [-0.15, -0.1) is 0 Å². The minimum Gasteiger partial charge on any atom is -0.396 e. The van der Waals surface area contributed by atoms with Gasteiger partial charge in [-0.25, -0.2) is 0 Å². The standard InChI is InChI=1S/C10H15NO3/c12-7-6-10(13,14)11-8-9-4-2-1-3-5-9/h1-5,11-14H,6-8H2. The molecule has 0 saturated carbocycles. The topological polar surface area (TPSA) is 72.7 Å². The molecule has 4 nitrogen and oxygen atoms in total. The Morgan fingerprint density at radius 2 is 1.79 bits per heavy atom. The van der Waals surface area contributed by atoms with Crippen molar-refractivity contribution < 1.29 is 15.3 Å². The Balaban J connectivity index is 2.40. The fourth-order valence-corrected chi connectivity index (χ4v) is 1.08. The molecule has 0 radical (unpaired) electrons. The molecule has 78 valence electrons. The second-order valence-corrected chi connectivity index (χ2v) is 3.13. The second kappa shape index (κ2) is 5.07. The molecule has 0 atom stereocenters. The smallest absolute Gasteiger partial charge is 0.224 e. The first kappa shape index (κ1) is 11.1. The molecule has 0 aliphatic heterocycles. The number of hydrogen-bond donors (Lipinski definition) is 4. The molecule has 0 unspecified atom stereocenters. The van der Waals surface area contributed by atoms with Crippen LogP contribution in [-0.4, -0.2) is 27.8 Å². The predicted octanol–water partition coefficient (Wildman–Crippen LogP) is -0.203. The lowest BCUT2D eigenvalue weighted by molar-refractivity contribution is -0.195. The quantitative estimate of drug-likeness (QED) is 0.493. The van der Waals surface area contributed by atoms with Crippen LogP contribution in [0.4, 0.5) is 0 Å². The maximum Gasteiger partial charge on any atom is 0.224 e. The number of benzene rings is 1. The van der Waals surface area contributed by atoms with Crippen molar-refractivity contribution >= 4 is 0 Å². The Bertz CT molecular complexity index is 261. The number of hydrogen-bond acceptors (Lipinski definition) is 4. The summed E-state index contributed by atoms with van der Waals surface area (Å²) in [6.07, 6.45) is -0.111. The molecule has 0 amide bonds. The van der Waals surface area contributed by atoms with Gasteiger partial charge in [0, 0.05) is 19.6 Å². The first-order valence-electron chi connectivity index (χ1n) is 4.48. The molecule has 0 bridgehead atoms. The van der Waals surface area contributed by atoms with E-state index in [0.717, 1.165) is 5.56 Å². The van der Waals surface area contributed by atoms with Crippen molar-refractivity contribution in [2.45, 2.75) is 18.9 Å². The lowest BCUT2D eigenvalue weighted by Gasteiger charge is -2.21. The zero-order valence-corrected chi connectivity index (χ0v) is 7.85. The highest BCUT2D eigenvalue weighted by molar-refractivity contribution is 5.14. The minimum atomic E-state index is -2.00. The number of aliphatic hydroxyl groups excluding tert-OH is 1. The summed E-state index contributed by atoms with van der Waals surface area (Å²) >= 11 is 0. The van der Waals surface area contributed by atoms with Gasteiger partial charge in [0.15, 0.2) is 0 Å². The molecule has 0 spiro atoms. The van der Waals surface area contributed by atoms with Crippen LogP contribution in [0.1, 0.15) is 12.0 Å². The molecule has 4 heteroatoms. The molecular formula is C10H15NO3. The van der Waals surface area contributed by atoms with E-state index in [4.69, 9.17) is 5.11 Å². The van der Waals surface area contributed by atoms with Gasteiger partial charge in [-0.3, -0.25) is 5.32 Å². The third-order valence-corrected chi connectivity index (χ3v) is 1.88. The van der Waals surface area contributed by atoms with E-state index >= 15 is 0 Å². The molecule has 0 aromatic heterocycles. The van der Waals surface area contributed by atoms with Crippen LogP contribution in [0.25, 0.3) is 0 Å². The zero-order chi connectivity index (χ0) is 10.4. The number of rotatable bonds is 5.